The second kappa shape index (κ2) is 18.0. The molecule has 0 aromatic heterocycles. The molecule has 0 amide bonds. The van der Waals surface area contributed by atoms with Gasteiger partial charge in [0.15, 0.2) is 5.96 Å². The highest BCUT2D eigenvalue weighted by molar-refractivity contribution is 14.0. The van der Waals surface area contributed by atoms with E-state index in [2.05, 4.69) is 42.5 Å². The molecule has 0 saturated carbocycles. The van der Waals surface area contributed by atoms with Crippen LogP contribution in [-0.2, 0) is 16.0 Å². The van der Waals surface area contributed by atoms with Crippen LogP contribution in [0, 0.1) is 5.92 Å². The van der Waals surface area contributed by atoms with Crippen molar-refractivity contribution in [1.82, 2.24) is 10.6 Å². The normalized spacial score (nSPS) is 11.2. The van der Waals surface area contributed by atoms with E-state index in [1.807, 2.05) is 18.2 Å². The van der Waals surface area contributed by atoms with Gasteiger partial charge < -0.3 is 24.8 Å². The third-order valence-corrected chi connectivity index (χ3v) is 3.63. The summed E-state index contributed by atoms with van der Waals surface area (Å²) in [5.41, 5.74) is 1.12. The van der Waals surface area contributed by atoms with Crippen LogP contribution in [0.2, 0.25) is 0 Å². The van der Waals surface area contributed by atoms with Crippen molar-refractivity contribution in [2.24, 2.45) is 10.9 Å². The van der Waals surface area contributed by atoms with Crippen LogP contribution in [0.4, 0.5) is 0 Å². The lowest BCUT2D eigenvalue weighted by Gasteiger charge is -2.12. The summed E-state index contributed by atoms with van der Waals surface area (Å²) in [6.07, 6.45) is 1.84. The standard InChI is InChI=1S/C21H37N3O3.HI/c1-5-22-21(23-11-7-13-26-17-18(2)3)24-16-19-9-6-10-20(15-19)27-14-8-12-25-4;/h6,9-10,15,18H,5,7-8,11-14,16-17H2,1-4H3,(H2,22,23,24);1H. The number of hydrogen-bond acceptors (Lipinski definition) is 4. The smallest absolute Gasteiger partial charge is 0.191 e. The van der Waals surface area contributed by atoms with Crippen LogP contribution in [-0.4, -0.2) is 52.6 Å². The van der Waals surface area contributed by atoms with Gasteiger partial charge in [-0.25, -0.2) is 4.99 Å². The Kier molecular flexibility index (Phi) is 17.3. The lowest BCUT2D eigenvalue weighted by Crippen LogP contribution is -2.38. The Morgan fingerprint density at radius 1 is 1.11 bits per heavy atom. The Balaban J connectivity index is 0.00000729. The average Bonchev–Trinajstić information content (AvgIpc) is 2.66. The molecule has 28 heavy (non-hydrogen) atoms. The molecule has 0 saturated heterocycles. The SMILES string of the molecule is CCNC(=NCc1cccc(OCCCOC)c1)NCCCOCC(C)C.I. The molecule has 0 aliphatic carbocycles. The third kappa shape index (κ3) is 14.0. The van der Waals surface area contributed by atoms with Crippen LogP contribution in [0.5, 0.6) is 5.75 Å². The summed E-state index contributed by atoms with van der Waals surface area (Å²) in [4.78, 5) is 4.66. The fourth-order valence-corrected chi connectivity index (χ4v) is 2.34. The number of methoxy groups -OCH3 is 1. The molecule has 0 radical (unpaired) electrons. The largest absolute Gasteiger partial charge is 0.493 e. The van der Waals surface area contributed by atoms with Gasteiger partial charge >= 0.3 is 0 Å². The molecule has 6 nitrogen and oxygen atoms in total. The molecule has 0 bridgehead atoms. The molecule has 2 N–H and O–H groups in total. The minimum atomic E-state index is 0. The highest BCUT2D eigenvalue weighted by Crippen LogP contribution is 2.14. The van der Waals surface area contributed by atoms with E-state index in [0.717, 1.165) is 56.4 Å². The number of hydrogen-bond donors (Lipinski definition) is 2. The van der Waals surface area contributed by atoms with E-state index in [9.17, 15) is 0 Å². The number of nitrogens with zero attached hydrogens (tertiary/aromatic N) is 1. The van der Waals surface area contributed by atoms with Gasteiger partial charge in [0.25, 0.3) is 0 Å². The van der Waals surface area contributed by atoms with Crippen molar-refractivity contribution >= 4 is 29.9 Å². The van der Waals surface area contributed by atoms with E-state index in [1.165, 1.54) is 0 Å². The summed E-state index contributed by atoms with van der Waals surface area (Å²) in [5, 5.41) is 6.63. The number of ether oxygens (including phenoxy) is 3. The molecular formula is C21H38IN3O3. The Morgan fingerprint density at radius 3 is 2.64 bits per heavy atom. The van der Waals surface area contributed by atoms with Gasteiger partial charge in [-0.05, 0) is 37.0 Å². The maximum atomic E-state index is 5.75. The summed E-state index contributed by atoms with van der Waals surface area (Å²) in [6.45, 7) is 11.6. The average molecular weight is 507 g/mol. The predicted octanol–water partition coefficient (Wildman–Crippen LogP) is 3.84. The number of benzene rings is 1. The van der Waals surface area contributed by atoms with Crippen molar-refractivity contribution < 1.29 is 14.2 Å². The molecular weight excluding hydrogens is 469 g/mol. The molecule has 0 aliphatic rings. The summed E-state index contributed by atoms with van der Waals surface area (Å²) in [7, 11) is 1.70. The molecule has 0 spiro atoms. The summed E-state index contributed by atoms with van der Waals surface area (Å²) < 4.78 is 16.4. The molecule has 0 heterocycles. The Hall–Kier alpha value is -1.06. The lowest BCUT2D eigenvalue weighted by atomic mass is 10.2. The Labute approximate surface area is 187 Å². The minimum Gasteiger partial charge on any atom is -0.493 e. The van der Waals surface area contributed by atoms with Gasteiger partial charge in [0.05, 0.1) is 13.2 Å². The molecule has 0 atom stereocenters. The maximum Gasteiger partial charge on any atom is 0.191 e. The zero-order valence-corrected chi connectivity index (χ0v) is 20.2. The Morgan fingerprint density at radius 2 is 1.93 bits per heavy atom. The van der Waals surface area contributed by atoms with Crippen molar-refractivity contribution in [3.8, 4) is 5.75 Å². The summed E-state index contributed by atoms with van der Waals surface area (Å²) >= 11 is 0. The fraction of sp³-hybridized carbons (Fsp3) is 0.667. The van der Waals surface area contributed by atoms with Crippen LogP contribution < -0.4 is 15.4 Å². The van der Waals surface area contributed by atoms with Crippen molar-refractivity contribution in [2.75, 3.05) is 46.6 Å². The topological polar surface area (TPSA) is 64.1 Å². The zero-order chi connectivity index (χ0) is 19.7. The molecule has 162 valence electrons. The fourth-order valence-electron chi connectivity index (χ4n) is 2.34. The molecule has 1 aromatic rings. The van der Waals surface area contributed by atoms with E-state index in [-0.39, 0.29) is 24.0 Å². The summed E-state index contributed by atoms with van der Waals surface area (Å²) in [5.74, 6) is 2.28. The van der Waals surface area contributed by atoms with E-state index >= 15 is 0 Å². The van der Waals surface area contributed by atoms with Gasteiger partial charge in [-0.1, -0.05) is 26.0 Å². The number of aliphatic imine (C=N–C) groups is 1. The monoisotopic (exact) mass is 507 g/mol. The van der Waals surface area contributed by atoms with Gasteiger partial charge in [-0.2, -0.15) is 0 Å². The second-order valence-corrected chi connectivity index (χ2v) is 6.79. The number of rotatable bonds is 14. The maximum absolute atomic E-state index is 5.75. The van der Waals surface area contributed by atoms with E-state index < -0.39 is 0 Å². The van der Waals surface area contributed by atoms with Gasteiger partial charge in [-0.3, -0.25) is 0 Å². The quantitative estimate of drug-likeness (QED) is 0.174. The predicted molar refractivity (Wildman–Crippen MR) is 127 cm³/mol. The molecule has 0 unspecified atom stereocenters. The van der Waals surface area contributed by atoms with E-state index in [1.54, 1.807) is 7.11 Å². The Bertz CT molecular complexity index is 527. The number of nitrogens with one attached hydrogen (secondary N) is 2. The molecule has 7 heteroatoms. The second-order valence-electron chi connectivity index (χ2n) is 6.79. The van der Waals surface area contributed by atoms with Crippen LogP contribution in [0.3, 0.4) is 0 Å². The van der Waals surface area contributed by atoms with Crippen LogP contribution in [0.25, 0.3) is 0 Å². The van der Waals surface area contributed by atoms with Gasteiger partial charge in [-0.15, -0.1) is 24.0 Å². The van der Waals surface area contributed by atoms with Crippen molar-refractivity contribution in [3.05, 3.63) is 29.8 Å². The highest BCUT2D eigenvalue weighted by atomic mass is 127. The van der Waals surface area contributed by atoms with Gasteiger partial charge in [0, 0.05) is 46.4 Å². The van der Waals surface area contributed by atoms with Crippen LogP contribution in [0.1, 0.15) is 39.2 Å². The number of guanidine groups is 1. The first-order valence-electron chi connectivity index (χ1n) is 9.96. The number of halogens is 1. The molecule has 0 aliphatic heterocycles. The van der Waals surface area contributed by atoms with Crippen LogP contribution >= 0.6 is 24.0 Å². The molecule has 1 aromatic carbocycles. The zero-order valence-electron chi connectivity index (χ0n) is 17.8. The molecule has 1 rings (SSSR count). The van der Waals surface area contributed by atoms with Crippen molar-refractivity contribution in [1.29, 1.82) is 0 Å². The van der Waals surface area contributed by atoms with E-state index in [4.69, 9.17) is 14.2 Å². The summed E-state index contributed by atoms with van der Waals surface area (Å²) in [6, 6.07) is 8.08. The van der Waals surface area contributed by atoms with Crippen molar-refractivity contribution in [3.63, 3.8) is 0 Å². The molecule has 0 fully saturated rings. The first kappa shape index (κ1) is 26.9. The first-order chi connectivity index (χ1) is 13.2. The highest BCUT2D eigenvalue weighted by Gasteiger charge is 2.00. The third-order valence-electron chi connectivity index (χ3n) is 3.63. The van der Waals surface area contributed by atoms with E-state index in [0.29, 0.717) is 25.7 Å². The van der Waals surface area contributed by atoms with Crippen molar-refractivity contribution in [2.45, 2.75) is 40.2 Å². The van der Waals surface area contributed by atoms with Gasteiger partial charge in [0.2, 0.25) is 0 Å². The minimum absolute atomic E-state index is 0. The van der Waals surface area contributed by atoms with Crippen LogP contribution in [0.15, 0.2) is 29.3 Å². The van der Waals surface area contributed by atoms with Gasteiger partial charge in [0.1, 0.15) is 5.75 Å². The first-order valence-corrected chi connectivity index (χ1v) is 9.96. The lowest BCUT2D eigenvalue weighted by molar-refractivity contribution is 0.108.